The van der Waals surface area contributed by atoms with Gasteiger partial charge in [0, 0.05) is 17.6 Å². The third-order valence-electron chi connectivity index (χ3n) is 4.05. The molecular formula is C21H20ClNO3S2. The lowest BCUT2D eigenvalue weighted by molar-refractivity contribution is -0.121. The Labute approximate surface area is 179 Å². The number of halogens is 1. The van der Waals surface area contributed by atoms with Crippen molar-refractivity contribution in [3.05, 3.63) is 63.0 Å². The number of benzene rings is 2. The van der Waals surface area contributed by atoms with E-state index in [0.717, 1.165) is 22.4 Å². The van der Waals surface area contributed by atoms with Crippen molar-refractivity contribution in [1.29, 1.82) is 0 Å². The number of nitrogens with zero attached hydrogens (tertiary/aromatic N) is 1. The first-order chi connectivity index (χ1) is 13.3. The lowest BCUT2D eigenvalue weighted by Gasteiger charge is -2.12. The number of carbonyl (C=O) groups excluding carboxylic acids is 1. The van der Waals surface area contributed by atoms with Crippen molar-refractivity contribution in [3.63, 3.8) is 0 Å². The van der Waals surface area contributed by atoms with E-state index in [1.807, 2.05) is 26.0 Å². The zero-order valence-corrected chi connectivity index (χ0v) is 18.2. The summed E-state index contributed by atoms with van der Waals surface area (Å²) in [5, 5.41) is 0.567. The fourth-order valence-electron chi connectivity index (χ4n) is 2.78. The number of aryl methyl sites for hydroxylation is 2. The summed E-state index contributed by atoms with van der Waals surface area (Å²) in [4.78, 5) is 14.2. The van der Waals surface area contributed by atoms with Gasteiger partial charge in [-0.1, -0.05) is 41.6 Å². The lowest BCUT2D eigenvalue weighted by atomic mass is 10.1. The molecule has 1 heterocycles. The Hall–Kier alpha value is -2.02. The van der Waals surface area contributed by atoms with Gasteiger partial charge in [-0.3, -0.25) is 9.69 Å². The second-order valence-corrected chi connectivity index (χ2v) is 8.56. The van der Waals surface area contributed by atoms with Crippen LogP contribution in [-0.4, -0.2) is 35.4 Å². The molecule has 2 aromatic rings. The van der Waals surface area contributed by atoms with E-state index in [-0.39, 0.29) is 5.91 Å². The van der Waals surface area contributed by atoms with Gasteiger partial charge in [0.1, 0.15) is 29.0 Å². The number of thiocarbonyl (C=S) groups is 1. The standard InChI is InChI=1S/C21H20ClNO3S2/c1-13-8-14(2)10-17(9-13)25-6-7-26-18-5-4-16(22)11-15(18)12-19-20(24)23(3)21(27)28-19/h4-5,8-12H,6-7H2,1-3H3/b19-12-. The van der Waals surface area contributed by atoms with Gasteiger partial charge in [-0.05, 0) is 61.4 Å². The van der Waals surface area contributed by atoms with Gasteiger partial charge >= 0.3 is 0 Å². The van der Waals surface area contributed by atoms with Crippen LogP contribution in [-0.2, 0) is 4.79 Å². The molecule has 146 valence electrons. The Morgan fingerprint density at radius 1 is 1.11 bits per heavy atom. The summed E-state index contributed by atoms with van der Waals surface area (Å²) in [5.41, 5.74) is 3.04. The van der Waals surface area contributed by atoms with Crippen molar-refractivity contribution < 1.29 is 14.3 Å². The highest BCUT2D eigenvalue weighted by Crippen LogP contribution is 2.34. The minimum atomic E-state index is -0.126. The molecule has 0 saturated carbocycles. The average Bonchev–Trinajstić information content (AvgIpc) is 2.86. The van der Waals surface area contributed by atoms with Crippen molar-refractivity contribution in [2.75, 3.05) is 20.3 Å². The van der Waals surface area contributed by atoms with Crippen LogP contribution in [0.15, 0.2) is 41.3 Å². The number of thioether (sulfide) groups is 1. The number of ether oxygens (including phenoxy) is 2. The smallest absolute Gasteiger partial charge is 0.265 e. The second-order valence-electron chi connectivity index (χ2n) is 6.44. The van der Waals surface area contributed by atoms with Gasteiger partial charge in [-0.2, -0.15) is 0 Å². The predicted molar refractivity (Wildman–Crippen MR) is 119 cm³/mol. The molecule has 28 heavy (non-hydrogen) atoms. The van der Waals surface area contributed by atoms with E-state index in [4.69, 9.17) is 33.3 Å². The van der Waals surface area contributed by atoms with Gasteiger partial charge < -0.3 is 9.47 Å². The van der Waals surface area contributed by atoms with E-state index in [1.165, 1.54) is 16.7 Å². The molecular weight excluding hydrogens is 414 g/mol. The number of rotatable bonds is 6. The lowest BCUT2D eigenvalue weighted by Crippen LogP contribution is -2.22. The molecule has 0 radical (unpaired) electrons. The van der Waals surface area contributed by atoms with Gasteiger partial charge in [-0.25, -0.2) is 0 Å². The molecule has 0 bridgehead atoms. The fraction of sp³-hybridized carbons (Fsp3) is 0.238. The topological polar surface area (TPSA) is 38.8 Å². The number of likely N-dealkylation sites (N-methyl/N-ethyl adjacent to an activating group) is 1. The molecule has 1 amide bonds. The monoisotopic (exact) mass is 433 g/mol. The SMILES string of the molecule is Cc1cc(C)cc(OCCOc2ccc(Cl)cc2/C=C2\SC(=S)N(C)C2=O)c1. The Balaban J connectivity index is 1.68. The minimum Gasteiger partial charge on any atom is -0.490 e. The molecule has 0 atom stereocenters. The predicted octanol–water partition coefficient (Wildman–Crippen LogP) is 5.25. The average molecular weight is 434 g/mol. The Kier molecular flexibility index (Phi) is 6.65. The van der Waals surface area contributed by atoms with Crippen molar-refractivity contribution >= 4 is 51.9 Å². The number of hydrogen-bond acceptors (Lipinski definition) is 5. The van der Waals surface area contributed by atoms with Crippen LogP contribution in [0.4, 0.5) is 0 Å². The maximum Gasteiger partial charge on any atom is 0.265 e. The zero-order chi connectivity index (χ0) is 20.3. The van der Waals surface area contributed by atoms with Crippen LogP contribution in [0.2, 0.25) is 5.02 Å². The maximum atomic E-state index is 12.2. The molecule has 0 N–H and O–H groups in total. The van der Waals surface area contributed by atoms with Crippen molar-refractivity contribution in [1.82, 2.24) is 4.90 Å². The van der Waals surface area contributed by atoms with Gasteiger partial charge in [0.25, 0.3) is 5.91 Å². The van der Waals surface area contributed by atoms with Crippen LogP contribution in [0.25, 0.3) is 6.08 Å². The first-order valence-electron chi connectivity index (χ1n) is 8.68. The molecule has 1 aliphatic rings. The number of carbonyl (C=O) groups is 1. The normalized spacial score (nSPS) is 15.4. The summed E-state index contributed by atoms with van der Waals surface area (Å²) in [6.45, 7) is 4.84. The first kappa shape index (κ1) is 20.7. The van der Waals surface area contributed by atoms with Crippen LogP contribution in [0.5, 0.6) is 11.5 Å². The van der Waals surface area contributed by atoms with E-state index in [9.17, 15) is 4.79 Å². The first-order valence-corrected chi connectivity index (χ1v) is 10.3. The van der Waals surface area contributed by atoms with E-state index >= 15 is 0 Å². The van der Waals surface area contributed by atoms with Crippen molar-refractivity contribution in [3.8, 4) is 11.5 Å². The van der Waals surface area contributed by atoms with Gasteiger partial charge in [-0.15, -0.1) is 0 Å². The summed E-state index contributed by atoms with van der Waals surface area (Å²) in [6.07, 6.45) is 1.76. The van der Waals surface area contributed by atoms with Crippen LogP contribution >= 0.6 is 35.6 Å². The van der Waals surface area contributed by atoms with Gasteiger partial charge in [0.2, 0.25) is 0 Å². The molecule has 2 aromatic carbocycles. The van der Waals surface area contributed by atoms with Gasteiger partial charge in [0.15, 0.2) is 0 Å². The third-order valence-corrected chi connectivity index (χ3v) is 5.77. The molecule has 0 aromatic heterocycles. The molecule has 1 fully saturated rings. The van der Waals surface area contributed by atoms with Crippen LogP contribution in [0.1, 0.15) is 16.7 Å². The molecule has 3 rings (SSSR count). The number of hydrogen-bond donors (Lipinski definition) is 0. The van der Waals surface area contributed by atoms with Crippen molar-refractivity contribution in [2.45, 2.75) is 13.8 Å². The summed E-state index contributed by atoms with van der Waals surface area (Å²) in [7, 11) is 1.66. The summed E-state index contributed by atoms with van der Waals surface area (Å²) in [6, 6.07) is 11.4. The van der Waals surface area contributed by atoms with E-state index in [1.54, 1.807) is 31.3 Å². The highest BCUT2D eigenvalue weighted by Gasteiger charge is 2.29. The van der Waals surface area contributed by atoms with Crippen LogP contribution in [0.3, 0.4) is 0 Å². The Morgan fingerprint density at radius 2 is 1.79 bits per heavy atom. The van der Waals surface area contributed by atoms with Crippen LogP contribution < -0.4 is 9.47 Å². The second kappa shape index (κ2) is 8.99. The molecule has 0 aliphatic carbocycles. The highest BCUT2D eigenvalue weighted by molar-refractivity contribution is 8.26. The fourth-order valence-corrected chi connectivity index (χ4v) is 4.13. The quantitative estimate of drug-likeness (QED) is 0.353. The number of amides is 1. The largest absolute Gasteiger partial charge is 0.490 e. The maximum absolute atomic E-state index is 12.2. The van der Waals surface area contributed by atoms with Crippen LogP contribution in [0, 0.1) is 13.8 Å². The van der Waals surface area contributed by atoms with Crippen molar-refractivity contribution in [2.24, 2.45) is 0 Å². The van der Waals surface area contributed by atoms with Gasteiger partial charge in [0.05, 0.1) is 4.91 Å². The van der Waals surface area contributed by atoms with E-state index in [2.05, 4.69) is 6.07 Å². The molecule has 0 unspecified atom stereocenters. The summed E-state index contributed by atoms with van der Waals surface area (Å²) < 4.78 is 12.2. The molecule has 0 spiro atoms. The molecule has 1 saturated heterocycles. The molecule has 1 aliphatic heterocycles. The van der Waals surface area contributed by atoms with E-state index in [0.29, 0.717) is 33.2 Å². The summed E-state index contributed by atoms with van der Waals surface area (Å²) >= 11 is 12.6. The Morgan fingerprint density at radius 3 is 2.43 bits per heavy atom. The highest BCUT2D eigenvalue weighted by atomic mass is 35.5. The third kappa shape index (κ3) is 5.07. The molecule has 4 nitrogen and oxygen atoms in total. The zero-order valence-electron chi connectivity index (χ0n) is 15.8. The Bertz CT molecular complexity index is 938. The molecule has 7 heteroatoms. The summed E-state index contributed by atoms with van der Waals surface area (Å²) in [5.74, 6) is 1.33. The minimum absolute atomic E-state index is 0.126. The van der Waals surface area contributed by atoms with E-state index < -0.39 is 0 Å².